The van der Waals surface area contributed by atoms with E-state index < -0.39 is 21.9 Å². The number of nitriles is 1. The van der Waals surface area contributed by atoms with E-state index in [1.807, 2.05) is 6.07 Å². The van der Waals surface area contributed by atoms with E-state index in [1.54, 1.807) is 31.2 Å². The van der Waals surface area contributed by atoms with Crippen molar-refractivity contribution in [1.29, 1.82) is 5.26 Å². The number of carboxylic acids is 1. The molecule has 2 rings (SSSR count). The zero-order chi connectivity index (χ0) is 15.6. The fourth-order valence-electron chi connectivity index (χ4n) is 2.51. The second-order valence-electron chi connectivity index (χ2n) is 5.26. The lowest BCUT2D eigenvalue weighted by Crippen LogP contribution is -2.31. The van der Waals surface area contributed by atoms with E-state index in [4.69, 9.17) is 10.4 Å². The highest BCUT2D eigenvalue weighted by Gasteiger charge is 2.40. The minimum Gasteiger partial charge on any atom is -0.481 e. The van der Waals surface area contributed by atoms with Gasteiger partial charge in [0.15, 0.2) is 0 Å². The van der Waals surface area contributed by atoms with E-state index in [0.29, 0.717) is 11.1 Å². The monoisotopic (exact) mass is 308 g/mol. The highest BCUT2D eigenvalue weighted by molar-refractivity contribution is 7.88. The molecule has 2 atom stereocenters. The summed E-state index contributed by atoms with van der Waals surface area (Å²) < 4.78 is 26.0. The first-order valence-electron chi connectivity index (χ1n) is 6.54. The van der Waals surface area contributed by atoms with Crippen molar-refractivity contribution in [3.8, 4) is 6.07 Å². The fourth-order valence-corrected chi connectivity index (χ4v) is 4.19. The molecule has 0 saturated carbocycles. The lowest BCUT2D eigenvalue weighted by molar-refractivity contribution is -0.142. The Morgan fingerprint density at radius 1 is 1.43 bits per heavy atom. The Balaban J connectivity index is 2.21. The van der Waals surface area contributed by atoms with Crippen LogP contribution in [-0.4, -0.2) is 36.9 Å². The molecule has 1 aromatic rings. The van der Waals surface area contributed by atoms with E-state index in [1.165, 1.54) is 4.31 Å². The predicted molar refractivity (Wildman–Crippen MR) is 75.6 cm³/mol. The molecule has 112 valence electrons. The quantitative estimate of drug-likeness (QED) is 0.896. The van der Waals surface area contributed by atoms with Gasteiger partial charge in [0.2, 0.25) is 10.0 Å². The van der Waals surface area contributed by atoms with Crippen LogP contribution in [0.15, 0.2) is 24.3 Å². The highest BCUT2D eigenvalue weighted by Crippen LogP contribution is 2.27. The maximum Gasteiger partial charge on any atom is 0.308 e. The third kappa shape index (κ3) is 3.23. The molecule has 1 fully saturated rings. The zero-order valence-electron chi connectivity index (χ0n) is 11.6. The molecule has 1 aliphatic heterocycles. The average molecular weight is 308 g/mol. The first-order chi connectivity index (χ1) is 9.85. The van der Waals surface area contributed by atoms with Crippen molar-refractivity contribution in [2.45, 2.75) is 12.7 Å². The predicted octanol–water partition coefficient (Wildman–Crippen LogP) is 1.04. The van der Waals surface area contributed by atoms with Gasteiger partial charge in [-0.15, -0.1) is 0 Å². The summed E-state index contributed by atoms with van der Waals surface area (Å²) in [6.07, 6.45) is 0. The maximum atomic E-state index is 12.4. The van der Waals surface area contributed by atoms with Crippen LogP contribution in [0.5, 0.6) is 0 Å². The Bertz CT molecular complexity index is 693. The summed E-state index contributed by atoms with van der Waals surface area (Å²) in [6, 6.07) is 8.49. The van der Waals surface area contributed by atoms with Gasteiger partial charge < -0.3 is 5.11 Å². The van der Waals surface area contributed by atoms with Gasteiger partial charge in [-0.3, -0.25) is 4.79 Å². The molecule has 6 nitrogen and oxygen atoms in total. The van der Waals surface area contributed by atoms with Crippen molar-refractivity contribution in [3.63, 3.8) is 0 Å². The van der Waals surface area contributed by atoms with Gasteiger partial charge in [-0.2, -0.15) is 5.26 Å². The molecule has 1 N–H and O–H groups in total. The van der Waals surface area contributed by atoms with Crippen molar-refractivity contribution in [2.24, 2.45) is 11.8 Å². The lowest BCUT2D eigenvalue weighted by Gasteiger charge is -2.16. The van der Waals surface area contributed by atoms with E-state index in [9.17, 15) is 13.2 Å². The van der Waals surface area contributed by atoms with Gasteiger partial charge in [0.05, 0.1) is 23.3 Å². The normalized spacial score (nSPS) is 22.9. The summed E-state index contributed by atoms with van der Waals surface area (Å²) in [5, 5.41) is 18.1. The molecule has 0 unspecified atom stereocenters. The minimum atomic E-state index is -3.63. The minimum absolute atomic E-state index is 0.00640. The Morgan fingerprint density at radius 3 is 2.67 bits per heavy atom. The summed E-state index contributed by atoms with van der Waals surface area (Å²) in [5.74, 6) is -2.15. The molecule has 21 heavy (non-hydrogen) atoms. The van der Waals surface area contributed by atoms with Gasteiger partial charge in [0, 0.05) is 13.1 Å². The summed E-state index contributed by atoms with van der Waals surface area (Å²) in [6.45, 7) is 1.93. The highest BCUT2D eigenvalue weighted by atomic mass is 32.2. The molecule has 1 aliphatic rings. The number of hydrogen-bond acceptors (Lipinski definition) is 4. The van der Waals surface area contributed by atoms with Crippen LogP contribution in [0.2, 0.25) is 0 Å². The number of sulfonamides is 1. The number of carbonyl (C=O) groups is 1. The number of rotatable bonds is 4. The number of hydrogen-bond donors (Lipinski definition) is 1. The van der Waals surface area contributed by atoms with Gasteiger partial charge in [-0.25, -0.2) is 12.7 Å². The second kappa shape index (κ2) is 5.84. The smallest absolute Gasteiger partial charge is 0.308 e. The van der Waals surface area contributed by atoms with Gasteiger partial charge in [-0.05, 0) is 17.5 Å². The van der Waals surface area contributed by atoms with Gasteiger partial charge in [-0.1, -0.05) is 25.1 Å². The number of aliphatic carboxylic acids is 1. The average Bonchev–Trinajstić information content (AvgIpc) is 2.82. The topological polar surface area (TPSA) is 98.5 Å². The second-order valence-corrected chi connectivity index (χ2v) is 7.23. The Hall–Kier alpha value is -1.91. The maximum absolute atomic E-state index is 12.4. The third-order valence-electron chi connectivity index (χ3n) is 3.77. The molecule has 1 heterocycles. The van der Waals surface area contributed by atoms with Crippen molar-refractivity contribution in [3.05, 3.63) is 35.4 Å². The molecule has 0 aromatic heterocycles. The Labute approximate surface area is 123 Å². The van der Waals surface area contributed by atoms with Gasteiger partial charge in [0.25, 0.3) is 0 Å². The van der Waals surface area contributed by atoms with Crippen LogP contribution in [0.4, 0.5) is 0 Å². The molecular weight excluding hydrogens is 292 g/mol. The molecular formula is C14H16N2O4S. The van der Waals surface area contributed by atoms with Crippen LogP contribution in [0.3, 0.4) is 0 Å². The number of nitrogens with zero attached hydrogens (tertiary/aromatic N) is 2. The largest absolute Gasteiger partial charge is 0.481 e. The van der Waals surface area contributed by atoms with Crippen LogP contribution in [0, 0.1) is 23.2 Å². The summed E-state index contributed by atoms with van der Waals surface area (Å²) in [5.41, 5.74) is 0.759. The number of benzene rings is 1. The van der Waals surface area contributed by atoms with Crippen molar-refractivity contribution >= 4 is 16.0 Å². The Morgan fingerprint density at radius 2 is 2.10 bits per heavy atom. The van der Waals surface area contributed by atoms with Crippen LogP contribution in [0.1, 0.15) is 18.1 Å². The van der Waals surface area contributed by atoms with Crippen molar-refractivity contribution in [2.75, 3.05) is 13.1 Å². The lowest BCUT2D eigenvalue weighted by atomic mass is 9.99. The zero-order valence-corrected chi connectivity index (χ0v) is 12.4. The van der Waals surface area contributed by atoms with Crippen molar-refractivity contribution < 1.29 is 18.3 Å². The third-order valence-corrected chi connectivity index (χ3v) is 5.53. The Kier molecular flexibility index (Phi) is 4.30. The fraction of sp³-hybridized carbons (Fsp3) is 0.429. The molecule has 1 saturated heterocycles. The summed E-state index contributed by atoms with van der Waals surface area (Å²) in [4.78, 5) is 11.1. The summed E-state index contributed by atoms with van der Waals surface area (Å²) >= 11 is 0. The first-order valence-corrected chi connectivity index (χ1v) is 8.14. The van der Waals surface area contributed by atoms with Crippen molar-refractivity contribution in [1.82, 2.24) is 4.31 Å². The molecule has 0 spiro atoms. The van der Waals surface area contributed by atoms with Gasteiger partial charge >= 0.3 is 5.97 Å². The van der Waals surface area contributed by atoms with E-state index in [0.717, 1.165) is 0 Å². The number of carboxylic acid groups (broad SMARTS) is 1. The van der Waals surface area contributed by atoms with Crippen LogP contribution in [0.25, 0.3) is 0 Å². The van der Waals surface area contributed by atoms with Crippen LogP contribution < -0.4 is 0 Å². The SMILES string of the molecule is C[C@@H]1CN(S(=O)(=O)Cc2ccccc2C#N)C[C@H]1C(=O)O. The van der Waals surface area contributed by atoms with Crippen LogP contribution >= 0.6 is 0 Å². The van der Waals surface area contributed by atoms with E-state index in [-0.39, 0.29) is 24.8 Å². The molecule has 0 aliphatic carbocycles. The molecule has 0 bridgehead atoms. The van der Waals surface area contributed by atoms with E-state index >= 15 is 0 Å². The molecule has 7 heteroatoms. The summed E-state index contributed by atoms with van der Waals surface area (Å²) in [7, 11) is -3.63. The van der Waals surface area contributed by atoms with E-state index in [2.05, 4.69) is 0 Å². The molecule has 1 aromatic carbocycles. The van der Waals surface area contributed by atoms with Crippen LogP contribution in [-0.2, 0) is 20.6 Å². The standard InChI is InChI=1S/C14H16N2O4S/c1-10-7-16(8-13(10)14(17)18)21(19,20)9-12-5-3-2-4-11(12)6-15/h2-5,10,13H,7-9H2,1H3,(H,17,18)/t10-,13-/m1/s1. The molecule has 0 radical (unpaired) electrons. The van der Waals surface area contributed by atoms with Gasteiger partial charge in [0.1, 0.15) is 0 Å². The molecule has 0 amide bonds. The first kappa shape index (κ1) is 15.5.